The van der Waals surface area contributed by atoms with Gasteiger partial charge in [0.05, 0.1) is 9.85 Å². The highest BCUT2D eigenvalue weighted by molar-refractivity contribution is 6.23. The van der Waals surface area contributed by atoms with Gasteiger partial charge in [0.15, 0.2) is 6.10 Å². The van der Waals surface area contributed by atoms with Gasteiger partial charge in [-0.25, -0.2) is 0 Å². The molecule has 0 amide bonds. The second kappa shape index (κ2) is 5.73. The first-order valence-electron chi connectivity index (χ1n) is 6.87. The molecular formula is C15H11ClN2O6. The van der Waals surface area contributed by atoms with Gasteiger partial charge in [0.25, 0.3) is 5.69 Å². The lowest BCUT2D eigenvalue weighted by Crippen LogP contribution is -2.49. The number of nitro benzene ring substituents is 1. The van der Waals surface area contributed by atoms with Crippen molar-refractivity contribution in [3.05, 3.63) is 79.9 Å². The number of benzene rings is 2. The van der Waals surface area contributed by atoms with E-state index in [1.165, 1.54) is 12.1 Å². The Kier molecular flexibility index (Phi) is 3.86. The maximum absolute atomic E-state index is 11.6. The van der Waals surface area contributed by atoms with E-state index in [9.17, 15) is 25.3 Å². The van der Waals surface area contributed by atoms with Gasteiger partial charge >= 0.3 is 5.00 Å². The number of nitrogens with zero attached hydrogens (tertiary/aromatic N) is 2. The Morgan fingerprint density at radius 3 is 2.38 bits per heavy atom. The molecule has 0 saturated carbocycles. The van der Waals surface area contributed by atoms with Crippen LogP contribution in [0.5, 0.6) is 5.75 Å². The fraction of sp³-hybridized carbons (Fsp3) is 0.200. The minimum absolute atomic E-state index is 0.0944. The van der Waals surface area contributed by atoms with Gasteiger partial charge in [-0.05, 0) is 17.7 Å². The molecule has 8 nitrogen and oxygen atoms in total. The van der Waals surface area contributed by atoms with Crippen LogP contribution in [0.1, 0.15) is 23.3 Å². The van der Waals surface area contributed by atoms with Crippen LogP contribution < -0.4 is 4.74 Å². The third kappa shape index (κ3) is 2.36. The fourth-order valence-electron chi connectivity index (χ4n) is 2.67. The van der Waals surface area contributed by atoms with E-state index in [2.05, 4.69) is 0 Å². The summed E-state index contributed by atoms with van der Waals surface area (Å²) in [6, 6.07) is 11.7. The van der Waals surface area contributed by atoms with Crippen LogP contribution >= 0.6 is 11.6 Å². The number of hydrogen-bond donors (Lipinski definition) is 1. The van der Waals surface area contributed by atoms with Crippen molar-refractivity contribution in [2.24, 2.45) is 0 Å². The van der Waals surface area contributed by atoms with Crippen LogP contribution in [-0.2, 0) is 0 Å². The van der Waals surface area contributed by atoms with E-state index in [1.54, 1.807) is 30.3 Å². The number of aliphatic hydroxyl groups excluding tert-OH is 1. The van der Waals surface area contributed by atoms with Crippen molar-refractivity contribution >= 4 is 17.3 Å². The molecule has 1 aliphatic rings. The van der Waals surface area contributed by atoms with E-state index in [-0.39, 0.29) is 17.0 Å². The van der Waals surface area contributed by atoms with Crippen molar-refractivity contribution < 1.29 is 19.7 Å². The molecular weight excluding hydrogens is 340 g/mol. The highest BCUT2D eigenvalue weighted by Crippen LogP contribution is 2.52. The molecule has 3 atom stereocenters. The van der Waals surface area contributed by atoms with Crippen LogP contribution in [0.15, 0.2) is 48.5 Å². The maximum atomic E-state index is 11.6. The lowest BCUT2D eigenvalue weighted by atomic mass is 9.89. The Balaban J connectivity index is 2.17. The first kappa shape index (κ1) is 16.2. The van der Waals surface area contributed by atoms with Crippen LogP contribution in [0, 0.1) is 20.2 Å². The largest absolute Gasteiger partial charge is 0.476 e. The second-order valence-electron chi connectivity index (χ2n) is 5.28. The summed E-state index contributed by atoms with van der Waals surface area (Å²) < 4.78 is 5.64. The van der Waals surface area contributed by atoms with Gasteiger partial charge in [0.1, 0.15) is 5.75 Å². The molecule has 0 spiro atoms. The van der Waals surface area contributed by atoms with Crippen LogP contribution in [0.2, 0.25) is 0 Å². The van der Waals surface area contributed by atoms with E-state index in [4.69, 9.17) is 16.3 Å². The monoisotopic (exact) mass is 350 g/mol. The van der Waals surface area contributed by atoms with E-state index in [0.29, 0.717) is 5.56 Å². The first-order valence-corrected chi connectivity index (χ1v) is 7.25. The third-order valence-electron chi connectivity index (χ3n) is 3.88. The molecule has 124 valence electrons. The normalized spacial score (nSPS) is 25.4. The molecule has 0 unspecified atom stereocenters. The number of alkyl halides is 1. The van der Waals surface area contributed by atoms with E-state index >= 15 is 0 Å². The Labute approximate surface area is 140 Å². The number of aliphatic hydroxyl groups is 1. The molecule has 0 aromatic heterocycles. The summed E-state index contributed by atoms with van der Waals surface area (Å²) in [5.74, 6) is 0.111. The van der Waals surface area contributed by atoms with Gasteiger partial charge in [-0.1, -0.05) is 30.3 Å². The zero-order chi connectivity index (χ0) is 17.5. The lowest BCUT2D eigenvalue weighted by molar-refractivity contribution is -0.570. The van der Waals surface area contributed by atoms with Crippen molar-refractivity contribution in [1.29, 1.82) is 0 Å². The molecule has 0 fully saturated rings. The molecule has 3 rings (SSSR count). The zero-order valence-electron chi connectivity index (χ0n) is 12.0. The first-order chi connectivity index (χ1) is 11.4. The van der Waals surface area contributed by atoms with Crippen molar-refractivity contribution in [2.75, 3.05) is 0 Å². The van der Waals surface area contributed by atoms with Crippen molar-refractivity contribution in [2.45, 2.75) is 17.2 Å². The standard InChI is InChI=1S/C15H11ClN2O6/c16-15(18(22)23)13(19)11-8-10(17(20)21)6-7-12(11)24-14(15)9-4-2-1-3-5-9/h1-8,13-14,19H/t13-,14-,15+/m0/s1. The van der Waals surface area contributed by atoms with Crippen LogP contribution in [0.4, 0.5) is 5.69 Å². The minimum Gasteiger partial charge on any atom is -0.476 e. The average Bonchev–Trinajstić information content (AvgIpc) is 2.58. The van der Waals surface area contributed by atoms with E-state index in [1.807, 2.05) is 0 Å². The summed E-state index contributed by atoms with van der Waals surface area (Å²) in [5, 5.41) is 33.0. The maximum Gasteiger partial charge on any atom is 0.364 e. The fourth-order valence-corrected chi connectivity index (χ4v) is 2.95. The predicted octanol–water partition coefficient (Wildman–Crippen LogP) is 2.97. The van der Waals surface area contributed by atoms with Crippen LogP contribution in [0.25, 0.3) is 0 Å². The molecule has 2 aromatic carbocycles. The second-order valence-corrected chi connectivity index (χ2v) is 5.88. The van der Waals surface area contributed by atoms with Gasteiger partial charge < -0.3 is 9.84 Å². The van der Waals surface area contributed by atoms with Gasteiger partial charge in [-0.2, -0.15) is 0 Å². The van der Waals surface area contributed by atoms with Gasteiger partial charge in [0, 0.05) is 23.3 Å². The van der Waals surface area contributed by atoms with E-state index in [0.717, 1.165) is 6.07 Å². The number of nitro groups is 2. The summed E-state index contributed by atoms with van der Waals surface area (Å²) in [4.78, 5) is 18.6. The van der Waals surface area contributed by atoms with Crippen molar-refractivity contribution in [3.8, 4) is 5.75 Å². The highest BCUT2D eigenvalue weighted by Gasteiger charge is 2.61. The van der Waals surface area contributed by atoms with Crippen molar-refractivity contribution in [1.82, 2.24) is 0 Å². The Bertz CT molecular complexity index is 815. The van der Waals surface area contributed by atoms with Gasteiger partial charge in [-0.3, -0.25) is 20.2 Å². The molecule has 2 aromatic rings. The Morgan fingerprint density at radius 1 is 1.12 bits per heavy atom. The number of fused-ring (bicyclic) bond motifs is 1. The quantitative estimate of drug-likeness (QED) is 0.393. The summed E-state index contributed by atoms with van der Waals surface area (Å²) in [5.41, 5.74) is -0.00717. The lowest BCUT2D eigenvalue weighted by Gasteiger charge is -2.37. The topological polar surface area (TPSA) is 116 Å². The molecule has 24 heavy (non-hydrogen) atoms. The Morgan fingerprint density at radius 2 is 1.79 bits per heavy atom. The van der Waals surface area contributed by atoms with E-state index < -0.39 is 27.1 Å². The summed E-state index contributed by atoms with van der Waals surface area (Å²) in [7, 11) is 0. The SMILES string of the molecule is O=[N+]([O-])c1ccc2c(c1)[C@H](O)[C@@](Cl)([N+](=O)[O-])[C@H](c1ccccc1)O2. The van der Waals surface area contributed by atoms with Crippen LogP contribution in [-0.4, -0.2) is 20.0 Å². The number of non-ortho nitro benzene ring substituents is 1. The van der Waals surface area contributed by atoms with Gasteiger partial charge in [0.2, 0.25) is 6.10 Å². The summed E-state index contributed by atoms with van der Waals surface area (Å²) in [6.45, 7) is 0. The average molecular weight is 351 g/mol. The van der Waals surface area contributed by atoms with Gasteiger partial charge in [-0.15, -0.1) is 0 Å². The summed E-state index contributed by atoms with van der Waals surface area (Å²) >= 11 is 6.18. The molecule has 9 heteroatoms. The molecule has 1 aliphatic heterocycles. The molecule has 0 bridgehead atoms. The smallest absolute Gasteiger partial charge is 0.364 e. The number of rotatable bonds is 3. The summed E-state index contributed by atoms with van der Waals surface area (Å²) in [6.07, 6.45) is -3.05. The zero-order valence-corrected chi connectivity index (χ0v) is 12.8. The van der Waals surface area contributed by atoms with Crippen molar-refractivity contribution in [3.63, 3.8) is 0 Å². The number of ether oxygens (including phenoxy) is 1. The molecule has 0 radical (unpaired) electrons. The number of halogens is 1. The third-order valence-corrected chi connectivity index (χ3v) is 4.42. The minimum atomic E-state index is -2.41. The highest BCUT2D eigenvalue weighted by atomic mass is 35.5. The predicted molar refractivity (Wildman–Crippen MR) is 83.4 cm³/mol. The number of hydrogen-bond acceptors (Lipinski definition) is 6. The Hall–Kier alpha value is -2.71. The molecule has 0 saturated heterocycles. The molecule has 0 aliphatic carbocycles. The molecule has 1 N–H and O–H groups in total. The molecule has 1 heterocycles. The van der Waals surface area contributed by atoms with Crippen LogP contribution in [0.3, 0.4) is 0 Å².